The number of primary amides is 1. The number of nitrogens with zero attached hydrogens (tertiary/aromatic N) is 4. The number of carbonyl (C=O) groups is 2. The molecule has 0 radical (unpaired) electrons. The lowest BCUT2D eigenvalue weighted by molar-refractivity contribution is -0.136. The largest absolute Gasteiger partial charge is 0.369 e. The summed E-state index contributed by atoms with van der Waals surface area (Å²) in [5.74, 6) is 0.360. The summed E-state index contributed by atoms with van der Waals surface area (Å²) in [7, 11) is 1.77. The monoisotopic (exact) mass is 357 g/mol. The van der Waals surface area contributed by atoms with E-state index in [1.165, 1.54) is 0 Å². The van der Waals surface area contributed by atoms with E-state index < -0.39 is 0 Å². The number of carbonyl (C=O) groups excluding carboxylic acids is 2. The lowest BCUT2D eigenvalue weighted by Gasteiger charge is -2.32. The van der Waals surface area contributed by atoms with Gasteiger partial charge in [-0.1, -0.05) is 5.16 Å². The van der Waals surface area contributed by atoms with Crippen molar-refractivity contribution in [2.75, 3.05) is 26.7 Å². The predicted octanol–water partition coefficient (Wildman–Crippen LogP) is 0.892. The van der Waals surface area contributed by atoms with E-state index in [0.29, 0.717) is 25.4 Å². The molecule has 0 aliphatic carbocycles. The van der Waals surface area contributed by atoms with Crippen molar-refractivity contribution in [2.24, 2.45) is 11.7 Å². The number of nitrogens with two attached hydrogens (primary N) is 1. The van der Waals surface area contributed by atoms with E-state index in [1.807, 2.05) is 23.1 Å². The fraction of sp³-hybridized carbons (Fsp3) is 0.444. The molecular weight excluding hydrogens is 334 g/mol. The number of amides is 2. The first-order valence-corrected chi connectivity index (χ1v) is 8.64. The molecule has 8 heteroatoms. The fourth-order valence-corrected chi connectivity index (χ4v) is 3.23. The summed E-state index contributed by atoms with van der Waals surface area (Å²) in [4.78, 5) is 31.3. The second-order valence-electron chi connectivity index (χ2n) is 6.63. The fourth-order valence-electron chi connectivity index (χ4n) is 3.23. The van der Waals surface area contributed by atoms with E-state index in [-0.39, 0.29) is 24.3 Å². The SMILES string of the molecule is CN(Cc1cc(-c2ccncc2)no1)C(=O)C1CCN(CC(N)=O)CC1. The molecule has 2 aromatic rings. The Bertz CT molecular complexity index is 753. The summed E-state index contributed by atoms with van der Waals surface area (Å²) in [6.07, 6.45) is 4.86. The highest BCUT2D eigenvalue weighted by Gasteiger charge is 2.28. The average molecular weight is 357 g/mol. The topological polar surface area (TPSA) is 106 Å². The second kappa shape index (κ2) is 8.09. The van der Waals surface area contributed by atoms with Gasteiger partial charge >= 0.3 is 0 Å². The van der Waals surface area contributed by atoms with E-state index in [4.69, 9.17) is 10.3 Å². The van der Waals surface area contributed by atoms with Crippen LogP contribution in [0, 0.1) is 5.92 Å². The maximum atomic E-state index is 12.7. The van der Waals surface area contributed by atoms with Gasteiger partial charge in [0.1, 0.15) is 5.69 Å². The minimum Gasteiger partial charge on any atom is -0.369 e. The Labute approximate surface area is 151 Å². The summed E-state index contributed by atoms with van der Waals surface area (Å²) in [5.41, 5.74) is 6.87. The molecule has 3 rings (SSSR count). The Morgan fingerprint density at radius 2 is 2.00 bits per heavy atom. The maximum absolute atomic E-state index is 12.7. The molecule has 1 saturated heterocycles. The van der Waals surface area contributed by atoms with Crippen molar-refractivity contribution in [3.8, 4) is 11.3 Å². The van der Waals surface area contributed by atoms with Gasteiger partial charge in [0.15, 0.2) is 5.76 Å². The van der Waals surface area contributed by atoms with E-state index in [9.17, 15) is 9.59 Å². The minimum absolute atomic E-state index is 0.0354. The van der Waals surface area contributed by atoms with Crippen molar-refractivity contribution >= 4 is 11.8 Å². The number of aromatic nitrogens is 2. The second-order valence-corrected chi connectivity index (χ2v) is 6.63. The first kappa shape index (κ1) is 18.1. The van der Waals surface area contributed by atoms with Gasteiger partial charge in [-0.15, -0.1) is 0 Å². The van der Waals surface area contributed by atoms with Crippen molar-refractivity contribution in [2.45, 2.75) is 19.4 Å². The molecule has 3 heterocycles. The van der Waals surface area contributed by atoms with E-state index >= 15 is 0 Å². The molecule has 1 aliphatic rings. The van der Waals surface area contributed by atoms with Gasteiger partial charge in [-0.3, -0.25) is 19.5 Å². The number of hydrogen-bond donors (Lipinski definition) is 1. The molecule has 26 heavy (non-hydrogen) atoms. The number of pyridine rings is 1. The van der Waals surface area contributed by atoms with E-state index in [2.05, 4.69) is 10.1 Å². The molecule has 1 aliphatic heterocycles. The van der Waals surface area contributed by atoms with Crippen molar-refractivity contribution in [3.05, 3.63) is 36.4 Å². The van der Waals surface area contributed by atoms with Crippen LogP contribution in [0.3, 0.4) is 0 Å². The number of piperidine rings is 1. The normalized spacial score (nSPS) is 15.7. The summed E-state index contributed by atoms with van der Waals surface area (Å²) >= 11 is 0. The van der Waals surface area contributed by atoms with Gasteiger partial charge in [-0.2, -0.15) is 0 Å². The minimum atomic E-state index is -0.331. The Hall–Kier alpha value is -2.74. The van der Waals surface area contributed by atoms with Crippen LogP contribution in [0.25, 0.3) is 11.3 Å². The quantitative estimate of drug-likeness (QED) is 0.823. The Kier molecular flexibility index (Phi) is 5.62. The van der Waals surface area contributed by atoms with E-state index in [1.54, 1.807) is 24.3 Å². The molecule has 0 atom stereocenters. The van der Waals surface area contributed by atoms with E-state index in [0.717, 1.165) is 24.1 Å². The van der Waals surface area contributed by atoms with Crippen molar-refractivity contribution in [3.63, 3.8) is 0 Å². The average Bonchev–Trinajstić information content (AvgIpc) is 3.10. The van der Waals surface area contributed by atoms with Crippen LogP contribution in [0.15, 0.2) is 35.1 Å². The first-order valence-electron chi connectivity index (χ1n) is 8.64. The smallest absolute Gasteiger partial charge is 0.231 e. The van der Waals surface area contributed by atoms with Crippen LogP contribution in [0.4, 0.5) is 0 Å². The Morgan fingerprint density at radius 1 is 1.31 bits per heavy atom. The van der Waals surface area contributed by atoms with Crippen molar-refractivity contribution < 1.29 is 14.1 Å². The van der Waals surface area contributed by atoms with Gasteiger partial charge in [-0.05, 0) is 38.1 Å². The van der Waals surface area contributed by atoms with Crippen LogP contribution >= 0.6 is 0 Å². The highest BCUT2D eigenvalue weighted by molar-refractivity contribution is 5.79. The molecule has 2 amide bonds. The highest BCUT2D eigenvalue weighted by atomic mass is 16.5. The van der Waals surface area contributed by atoms with Gasteiger partial charge in [-0.25, -0.2) is 0 Å². The third-order valence-electron chi connectivity index (χ3n) is 4.62. The third-order valence-corrected chi connectivity index (χ3v) is 4.62. The Morgan fingerprint density at radius 3 is 2.65 bits per heavy atom. The molecule has 138 valence electrons. The number of hydrogen-bond acceptors (Lipinski definition) is 6. The van der Waals surface area contributed by atoms with Gasteiger partial charge in [0.05, 0.1) is 13.1 Å². The molecule has 2 N–H and O–H groups in total. The zero-order chi connectivity index (χ0) is 18.5. The summed E-state index contributed by atoms with van der Waals surface area (Å²) in [6.45, 7) is 2.05. The Balaban J connectivity index is 1.54. The van der Waals surface area contributed by atoms with Gasteiger partial charge in [0, 0.05) is 37.0 Å². The van der Waals surface area contributed by atoms with Crippen LogP contribution in [0.5, 0.6) is 0 Å². The summed E-state index contributed by atoms with van der Waals surface area (Å²) in [5, 5.41) is 4.06. The lowest BCUT2D eigenvalue weighted by Crippen LogP contribution is -2.43. The molecule has 0 spiro atoms. The van der Waals surface area contributed by atoms with Crippen molar-refractivity contribution in [1.82, 2.24) is 19.9 Å². The van der Waals surface area contributed by atoms with Crippen LogP contribution in [0.2, 0.25) is 0 Å². The molecule has 0 aromatic carbocycles. The molecule has 8 nitrogen and oxygen atoms in total. The summed E-state index contributed by atoms with van der Waals surface area (Å²) < 4.78 is 5.36. The van der Waals surface area contributed by atoms with Crippen LogP contribution in [-0.4, -0.2) is 58.4 Å². The zero-order valence-electron chi connectivity index (χ0n) is 14.8. The predicted molar refractivity (Wildman–Crippen MR) is 94.6 cm³/mol. The standard InChI is InChI=1S/C18H23N5O3/c1-22(18(25)14-4-8-23(9-5-14)12-17(19)24)11-15-10-16(21-26-15)13-2-6-20-7-3-13/h2-3,6-7,10,14H,4-5,8-9,11-12H2,1H3,(H2,19,24). The first-order chi connectivity index (χ1) is 12.5. The molecule has 0 unspecified atom stereocenters. The third kappa shape index (κ3) is 4.45. The molecule has 1 fully saturated rings. The van der Waals surface area contributed by atoms with Crippen LogP contribution < -0.4 is 5.73 Å². The summed E-state index contributed by atoms with van der Waals surface area (Å²) in [6, 6.07) is 5.56. The zero-order valence-corrected chi connectivity index (χ0v) is 14.8. The van der Waals surface area contributed by atoms with Crippen LogP contribution in [0.1, 0.15) is 18.6 Å². The van der Waals surface area contributed by atoms with Crippen molar-refractivity contribution in [1.29, 1.82) is 0 Å². The molecule has 0 saturated carbocycles. The molecule has 0 bridgehead atoms. The molecular formula is C18H23N5O3. The highest BCUT2D eigenvalue weighted by Crippen LogP contribution is 2.22. The van der Waals surface area contributed by atoms with Gasteiger partial charge < -0.3 is 15.2 Å². The number of likely N-dealkylation sites (tertiary alicyclic amines) is 1. The lowest BCUT2D eigenvalue weighted by atomic mass is 9.95. The molecule has 2 aromatic heterocycles. The van der Waals surface area contributed by atoms with Gasteiger partial charge in [0.2, 0.25) is 11.8 Å². The maximum Gasteiger partial charge on any atom is 0.231 e. The number of rotatable bonds is 6. The van der Waals surface area contributed by atoms with Gasteiger partial charge in [0.25, 0.3) is 0 Å². The van der Waals surface area contributed by atoms with Crippen LogP contribution in [-0.2, 0) is 16.1 Å².